The summed E-state index contributed by atoms with van der Waals surface area (Å²) in [7, 11) is 0. The number of carbonyl (C=O) groups excluding carboxylic acids is 2. The van der Waals surface area contributed by atoms with E-state index < -0.39 is 41.0 Å². The molecule has 1 aromatic rings. The zero-order chi connectivity index (χ0) is 29.1. The van der Waals surface area contributed by atoms with E-state index in [0.717, 1.165) is 19.3 Å². The smallest absolute Gasteiger partial charge is 0.416 e. The summed E-state index contributed by atoms with van der Waals surface area (Å²) in [6.07, 6.45) is 15.1. The predicted molar refractivity (Wildman–Crippen MR) is 148 cm³/mol. The first kappa shape index (κ1) is 34.9. The number of rotatable bonds is 21. The second-order valence-corrected chi connectivity index (χ2v) is 10.9. The second kappa shape index (κ2) is 19.9. The van der Waals surface area contributed by atoms with Crippen molar-refractivity contribution in [2.24, 2.45) is 5.92 Å². The number of esters is 1. The van der Waals surface area contributed by atoms with Crippen LogP contribution in [0.25, 0.3) is 0 Å². The molecular weight excluding hydrogens is 510 g/mol. The van der Waals surface area contributed by atoms with Gasteiger partial charge in [0, 0.05) is 0 Å². The molecule has 0 fully saturated rings. The maximum atomic E-state index is 14.0. The summed E-state index contributed by atoms with van der Waals surface area (Å²) in [6.45, 7) is 5.79. The first-order valence-electron chi connectivity index (χ1n) is 14.9. The zero-order valence-electron chi connectivity index (χ0n) is 24.1. The lowest BCUT2D eigenvalue weighted by Crippen LogP contribution is -2.45. The van der Waals surface area contributed by atoms with Crippen LogP contribution in [0.1, 0.15) is 139 Å². The molecule has 4 nitrogen and oxygen atoms in total. The third-order valence-corrected chi connectivity index (χ3v) is 6.99. The number of alkyl halides is 3. The molecule has 39 heavy (non-hydrogen) atoms. The number of amides is 1. The molecule has 0 radical (unpaired) electrons. The van der Waals surface area contributed by atoms with Gasteiger partial charge in [0.05, 0.1) is 17.7 Å². The van der Waals surface area contributed by atoms with Gasteiger partial charge >= 0.3 is 12.1 Å². The van der Waals surface area contributed by atoms with E-state index in [1.165, 1.54) is 77.0 Å². The molecule has 0 aliphatic rings. The van der Waals surface area contributed by atoms with Crippen molar-refractivity contribution in [2.45, 2.75) is 136 Å². The highest BCUT2D eigenvalue weighted by molar-refractivity contribution is 5.97. The van der Waals surface area contributed by atoms with Crippen molar-refractivity contribution in [3.05, 3.63) is 35.1 Å². The van der Waals surface area contributed by atoms with E-state index in [4.69, 9.17) is 4.74 Å². The van der Waals surface area contributed by atoms with Gasteiger partial charge in [0.2, 0.25) is 0 Å². The molecule has 0 bridgehead atoms. The Bertz CT molecular complexity index is 827. The molecule has 8 heteroatoms. The summed E-state index contributed by atoms with van der Waals surface area (Å²) in [5, 5.41) is 2.34. The monoisotopic (exact) mass is 559 g/mol. The van der Waals surface area contributed by atoms with Gasteiger partial charge in [-0.1, -0.05) is 117 Å². The number of halogens is 4. The highest BCUT2D eigenvalue weighted by Crippen LogP contribution is 2.30. The Hall–Kier alpha value is -2.12. The van der Waals surface area contributed by atoms with Gasteiger partial charge in [0.25, 0.3) is 5.91 Å². The van der Waals surface area contributed by atoms with Gasteiger partial charge in [-0.15, -0.1) is 0 Å². The van der Waals surface area contributed by atoms with Crippen molar-refractivity contribution >= 4 is 11.9 Å². The third-order valence-electron chi connectivity index (χ3n) is 6.99. The number of unbranched alkanes of at least 4 members (excludes halogenated alkanes) is 15. The van der Waals surface area contributed by atoms with Crippen molar-refractivity contribution in [3.8, 4) is 0 Å². The minimum atomic E-state index is -4.72. The van der Waals surface area contributed by atoms with Gasteiger partial charge in [0.15, 0.2) is 0 Å². The lowest BCUT2D eigenvalue weighted by Gasteiger charge is -2.21. The van der Waals surface area contributed by atoms with E-state index >= 15 is 0 Å². The molecule has 0 spiro atoms. The molecule has 0 aromatic heterocycles. The Kier molecular flexibility index (Phi) is 17.8. The molecule has 0 heterocycles. The number of nitrogens with one attached hydrogen (secondary N) is 1. The van der Waals surface area contributed by atoms with Gasteiger partial charge < -0.3 is 10.1 Å². The van der Waals surface area contributed by atoms with Crippen LogP contribution in [0.4, 0.5) is 17.6 Å². The van der Waals surface area contributed by atoms with Crippen LogP contribution in [0.2, 0.25) is 0 Å². The summed E-state index contributed by atoms with van der Waals surface area (Å²) < 4.78 is 58.2. The van der Waals surface area contributed by atoms with Crippen molar-refractivity contribution < 1.29 is 31.9 Å². The van der Waals surface area contributed by atoms with Crippen molar-refractivity contribution in [3.63, 3.8) is 0 Å². The summed E-state index contributed by atoms with van der Waals surface area (Å²) >= 11 is 0. The second-order valence-electron chi connectivity index (χ2n) is 10.9. The van der Waals surface area contributed by atoms with Crippen LogP contribution >= 0.6 is 0 Å². The van der Waals surface area contributed by atoms with Crippen molar-refractivity contribution in [2.75, 3.05) is 6.61 Å². The normalized spacial score (nSPS) is 12.5. The van der Waals surface area contributed by atoms with Gasteiger partial charge in [-0.3, -0.25) is 4.79 Å². The van der Waals surface area contributed by atoms with Gasteiger partial charge in [-0.05, 0) is 30.5 Å². The predicted octanol–water partition coefficient (Wildman–Crippen LogP) is 9.40. The Balaban J connectivity index is 2.20. The van der Waals surface area contributed by atoms with Crippen LogP contribution in [0.3, 0.4) is 0 Å². The Morgan fingerprint density at radius 3 is 1.69 bits per heavy atom. The van der Waals surface area contributed by atoms with E-state index in [1.54, 1.807) is 13.8 Å². The number of benzene rings is 1. The summed E-state index contributed by atoms with van der Waals surface area (Å²) in [6, 6.07) is 0.521. The maximum Gasteiger partial charge on any atom is 0.416 e. The van der Waals surface area contributed by atoms with Crippen LogP contribution in [0, 0.1) is 11.7 Å². The maximum absolute atomic E-state index is 14.0. The summed E-state index contributed by atoms with van der Waals surface area (Å²) in [5.41, 5.74) is -1.90. The SMILES string of the molecule is CCCCCCCCCCCCCCCCCCOC(=O)C(NC(=O)c1cc(C(F)(F)F)ccc1F)C(C)C. The molecule has 0 saturated heterocycles. The Morgan fingerprint density at radius 1 is 0.795 bits per heavy atom. The molecule has 0 saturated carbocycles. The average molecular weight is 560 g/mol. The van der Waals surface area contributed by atoms with Crippen LogP contribution in [-0.2, 0) is 15.7 Å². The molecule has 0 aliphatic carbocycles. The highest BCUT2D eigenvalue weighted by atomic mass is 19.4. The van der Waals surface area contributed by atoms with E-state index in [0.29, 0.717) is 24.6 Å². The number of carbonyl (C=O) groups is 2. The lowest BCUT2D eigenvalue weighted by molar-refractivity contribution is -0.147. The quantitative estimate of drug-likeness (QED) is 0.0927. The molecule has 1 aromatic carbocycles. The van der Waals surface area contributed by atoms with Crippen LogP contribution < -0.4 is 5.32 Å². The Morgan fingerprint density at radius 2 is 1.26 bits per heavy atom. The van der Waals surface area contributed by atoms with Crippen molar-refractivity contribution in [1.82, 2.24) is 5.32 Å². The average Bonchev–Trinajstić information content (AvgIpc) is 2.88. The van der Waals surface area contributed by atoms with E-state index in [9.17, 15) is 27.2 Å². The molecule has 1 unspecified atom stereocenters. The molecule has 1 atom stereocenters. The largest absolute Gasteiger partial charge is 0.464 e. The van der Waals surface area contributed by atoms with E-state index in [2.05, 4.69) is 12.2 Å². The fourth-order valence-corrected chi connectivity index (χ4v) is 4.51. The first-order chi connectivity index (χ1) is 18.6. The molecular formula is C31H49F4NO3. The topological polar surface area (TPSA) is 55.4 Å². The highest BCUT2D eigenvalue weighted by Gasteiger charge is 2.33. The zero-order valence-corrected chi connectivity index (χ0v) is 24.1. The standard InChI is InChI=1S/C31H49F4NO3/c1-4-5-6-7-8-9-10-11-12-13-14-15-16-17-18-19-22-39-30(38)28(24(2)3)36-29(37)26-23-25(31(33,34)35)20-21-27(26)32/h20-21,23-24,28H,4-19,22H2,1-3H3,(H,36,37). The molecule has 1 N–H and O–H groups in total. The number of ether oxygens (including phenoxy) is 1. The van der Waals surface area contributed by atoms with E-state index in [1.807, 2.05) is 0 Å². The third kappa shape index (κ3) is 15.3. The lowest BCUT2D eigenvalue weighted by atomic mass is 10.0. The summed E-state index contributed by atoms with van der Waals surface area (Å²) in [5.74, 6) is -3.24. The molecule has 1 amide bonds. The van der Waals surface area contributed by atoms with Gasteiger partial charge in [0.1, 0.15) is 11.9 Å². The van der Waals surface area contributed by atoms with Gasteiger partial charge in [-0.2, -0.15) is 13.2 Å². The number of hydrogen-bond donors (Lipinski definition) is 1. The van der Waals surface area contributed by atoms with Crippen LogP contribution in [-0.4, -0.2) is 24.5 Å². The fraction of sp³-hybridized carbons (Fsp3) is 0.742. The minimum Gasteiger partial charge on any atom is -0.464 e. The van der Waals surface area contributed by atoms with Crippen LogP contribution in [0.15, 0.2) is 18.2 Å². The first-order valence-corrected chi connectivity index (χ1v) is 14.9. The fourth-order valence-electron chi connectivity index (χ4n) is 4.51. The van der Waals surface area contributed by atoms with Gasteiger partial charge in [-0.25, -0.2) is 9.18 Å². The number of hydrogen-bond acceptors (Lipinski definition) is 3. The minimum absolute atomic E-state index is 0.203. The Labute approximate surface area is 232 Å². The molecule has 1 rings (SSSR count). The van der Waals surface area contributed by atoms with Crippen molar-refractivity contribution in [1.29, 1.82) is 0 Å². The van der Waals surface area contributed by atoms with E-state index in [-0.39, 0.29) is 12.5 Å². The summed E-state index contributed by atoms with van der Waals surface area (Å²) in [4.78, 5) is 25.0. The molecule has 0 aliphatic heterocycles. The van der Waals surface area contributed by atoms with Crippen LogP contribution in [0.5, 0.6) is 0 Å². The molecule has 224 valence electrons.